The van der Waals surface area contributed by atoms with Gasteiger partial charge in [-0.25, -0.2) is 0 Å². The molecule has 1 aliphatic heterocycles. The van der Waals surface area contributed by atoms with Gasteiger partial charge in [0.2, 0.25) is 5.91 Å². The van der Waals surface area contributed by atoms with Crippen molar-refractivity contribution in [2.24, 2.45) is 10.7 Å². The topological polar surface area (TPSA) is 55.5 Å². The third-order valence-corrected chi connectivity index (χ3v) is 4.54. The number of carbonyl (C=O) groups is 1. The molecule has 1 heterocycles. The van der Waals surface area contributed by atoms with Crippen LogP contribution in [0.2, 0.25) is 0 Å². The van der Waals surface area contributed by atoms with Crippen LogP contribution >= 0.6 is 0 Å². The first-order chi connectivity index (χ1) is 9.90. The van der Waals surface area contributed by atoms with E-state index < -0.39 is 0 Å². The maximum absolute atomic E-state index is 11.4. The first-order valence-electron chi connectivity index (χ1n) is 7.29. The van der Waals surface area contributed by atoms with E-state index in [1.807, 2.05) is 12.1 Å². The molecule has 0 saturated carbocycles. The molecule has 2 N–H and O–H groups in total. The number of rotatable bonds is 2. The number of primary amides is 1. The molecule has 0 radical (unpaired) electrons. The number of fused-ring (bicyclic) bond motifs is 3. The van der Waals surface area contributed by atoms with Crippen LogP contribution in [0.15, 0.2) is 41.4 Å². The number of benzene rings is 2. The van der Waals surface area contributed by atoms with E-state index >= 15 is 0 Å². The number of hydrogen-bond donors (Lipinski definition) is 1. The molecular weight excluding hydrogens is 260 g/mol. The van der Waals surface area contributed by atoms with E-state index in [0.29, 0.717) is 5.92 Å². The Morgan fingerprint density at radius 2 is 1.95 bits per heavy atom. The SMILES string of the molecule is CC1c2ccc3ccccc3c2C(CC(N)=O)=NC1(C)C. The minimum absolute atomic E-state index is 0.192. The lowest BCUT2D eigenvalue weighted by Crippen LogP contribution is -2.34. The lowest BCUT2D eigenvalue weighted by Gasteiger charge is -2.36. The van der Waals surface area contributed by atoms with Gasteiger partial charge < -0.3 is 5.73 Å². The third kappa shape index (κ3) is 2.23. The van der Waals surface area contributed by atoms with Crippen LogP contribution in [-0.4, -0.2) is 17.2 Å². The van der Waals surface area contributed by atoms with Crippen LogP contribution in [0, 0.1) is 0 Å². The Hall–Kier alpha value is -2.16. The monoisotopic (exact) mass is 280 g/mol. The molecule has 1 amide bonds. The minimum atomic E-state index is -0.335. The van der Waals surface area contributed by atoms with Crippen molar-refractivity contribution in [3.05, 3.63) is 47.5 Å². The molecule has 2 aromatic carbocycles. The predicted molar refractivity (Wildman–Crippen MR) is 86.8 cm³/mol. The second-order valence-electron chi connectivity index (χ2n) is 6.33. The van der Waals surface area contributed by atoms with Gasteiger partial charge in [0.1, 0.15) is 0 Å². The molecule has 0 aliphatic carbocycles. The van der Waals surface area contributed by atoms with Gasteiger partial charge in [-0.1, -0.05) is 43.3 Å². The fraction of sp³-hybridized carbons (Fsp3) is 0.333. The van der Waals surface area contributed by atoms with Gasteiger partial charge in [-0.2, -0.15) is 0 Å². The molecule has 3 rings (SSSR count). The molecule has 0 saturated heterocycles. The summed E-state index contributed by atoms with van der Waals surface area (Å²) in [7, 11) is 0. The van der Waals surface area contributed by atoms with Crippen LogP contribution in [0.4, 0.5) is 0 Å². The highest BCUT2D eigenvalue weighted by Crippen LogP contribution is 2.40. The van der Waals surface area contributed by atoms with Gasteiger partial charge in [-0.05, 0) is 30.2 Å². The molecule has 1 aliphatic rings. The standard InChI is InChI=1S/C18H20N2O/c1-11-13-9-8-12-6-4-5-7-14(12)17(13)15(10-16(19)21)20-18(11,2)3/h4-9,11H,10H2,1-3H3,(H2,19,21). The largest absolute Gasteiger partial charge is 0.369 e. The molecule has 108 valence electrons. The summed E-state index contributed by atoms with van der Waals surface area (Å²) < 4.78 is 0. The van der Waals surface area contributed by atoms with Crippen LogP contribution in [-0.2, 0) is 4.79 Å². The quantitative estimate of drug-likeness (QED) is 0.900. The Kier molecular flexibility index (Phi) is 3.08. The van der Waals surface area contributed by atoms with Crippen molar-refractivity contribution in [3.63, 3.8) is 0 Å². The number of nitrogens with zero attached hydrogens (tertiary/aromatic N) is 1. The molecule has 0 bridgehead atoms. The fourth-order valence-corrected chi connectivity index (χ4v) is 3.15. The highest BCUT2D eigenvalue weighted by Gasteiger charge is 2.34. The van der Waals surface area contributed by atoms with E-state index in [-0.39, 0.29) is 17.9 Å². The van der Waals surface area contributed by atoms with Gasteiger partial charge in [0.15, 0.2) is 0 Å². The Balaban J connectivity index is 2.33. The van der Waals surface area contributed by atoms with Crippen molar-refractivity contribution in [3.8, 4) is 0 Å². The summed E-state index contributed by atoms with van der Waals surface area (Å²) in [5.41, 5.74) is 8.37. The summed E-state index contributed by atoms with van der Waals surface area (Å²) in [6.07, 6.45) is 0.192. The van der Waals surface area contributed by atoms with Crippen molar-refractivity contribution in [1.29, 1.82) is 0 Å². The molecule has 3 heteroatoms. The highest BCUT2D eigenvalue weighted by molar-refractivity contribution is 6.18. The lowest BCUT2D eigenvalue weighted by atomic mass is 9.76. The number of carbonyl (C=O) groups excluding carboxylic acids is 1. The van der Waals surface area contributed by atoms with Crippen LogP contribution in [0.5, 0.6) is 0 Å². The number of aliphatic imine (C=N–C) groups is 1. The minimum Gasteiger partial charge on any atom is -0.369 e. The molecule has 21 heavy (non-hydrogen) atoms. The first kappa shape index (κ1) is 13.8. The Morgan fingerprint density at radius 1 is 1.24 bits per heavy atom. The maximum atomic E-state index is 11.4. The first-order valence-corrected chi connectivity index (χ1v) is 7.29. The molecule has 3 nitrogen and oxygen atoms in total. The summed E-state index contributed by atoms with van der Waals surface area (Å²) in [4.78, 5) is 16.3. The van der Waals surface area contributed by atoms with Gasteiger partial charge in [0.05, 0.1) is 17.7 Å². The van der Waals surface area contributed by atoms with Crippen molar-refractivity contribution >= 4 is 22.4 Å². The van der Waals surface area contributed by atoms with Crippen molar-refractivity contribution in [2.75, 3.05) is 0 Å². The number of amides is 1. The Morgan fingerprint density at radius 3 is 2.67 bits per heavy atom. The molecular formula is C18H20N2O. The average molecular weight is 280 g/mol. The Bertz CT molecular complexity index is 759. The summed E-state index contributed by atoms with van der Waals surface area (Å²) in [6, 6.07) is 12.5. The van der Waals surface area contributed by atoms with Crippen molar-refractivity contribution in [2.45, 2.75) is 38.6 Å². The zero-order chi connectivity index (χ0) is 15.2. The molecule has 1 unspecified atom stereocenters. The van der Waals surface area contributed by atoms with Crippen LogP contribution in [0.1, 0.15) is 44.2 Å². The van der Waals surface area contributed by atoms with Crippen LogP contribution < -0.4 is 5.73 Å². The fourth-order valence-electron chi connectivity index (χ4n) is 3.15. The second-order valence-corrected chi connectivity index (χ2v) is 6.33. The third-order valence-electron chi connectivity index (χ3n) is 4.54. The smallest absolute Gasteiger partial charge is 0.223 e. The lowest BCUT2D eigenvalue weighted by molar-refractivity contribution is -0.116. The van der Waals surface area contributed by atoms with E-state index in [1.165, 1.54) is 10.9 Å². The normalized spacial score (nSPS) is 20.0. The number of hydrogen-bond acceptors (Lipinski definition) is 2. The average Bonchev–Trinajstić information content (AvgIpc) is 2.42. The van der Waals surface area contributed by atoms with Crippen LogP contribution in [0.25, 0.3) is 10.8 Å². The molecule has 0 aromatic heterocycles. The van der Waals surface area contributed by atoms with Gasteiger partial charge >= 0.3 is 0 Å². The highest BCUT2D eigenvalue weighted by atomic mass is 16.1. The van der Waals surface area contributed by atoms with Crippen LogP contribution in [0.3, 0.4) is 0 Å². The van der Waals surface area contributed by atoms with E-state index in [2.05, 4.69) is 45.0 Å². The van der Waals surface area contributed by atoms with Gasteiger partial charge in [-0.15, -0.1) is 0 Å². The van der Waals surface area contributed by atoms with Gasteiger partial charge in [0, 0.05) is 11.5 Å². The molecule has 2 aromatic rings. The summed E-state index contributed by atoms with van der Waals surface area (Å²) in [6.45, 7) is 6.41. The zero-order valence-electron chi connectivity index (χ0n) is 12.7. The summed E-state index contributed by atoms with van der Waals surface area (Å²) >= 11 is 0. The number of nitrogens with two attached hydrogens (primary N) is 1. The van der Waals surface area contributed by atoms with E-state index in [0.717, 1.165) is 16.7 Å². The Labute approximate surface area is 124 Å². The zero-order valence-corrected chi connectivity index (χ0v) is 12.7. The maximum Gasteiger partial charge on any atom is 0.223 e. The van der Waals surface area contributed by atoms with E-state index in [1.54, 1.807) is 0 Å². The van der Waals surface area contributed by atoms with E-state index in [4.69, 9.17) is 10.7 Å². The van der Waals surface area contributed by atoms with Gasteiger partial charge in [-0.3, -0.25) is 9.79 Å². The van der Waals surface area contributed by atoms with Gasteiger partial charge in [0.25, 0.3) is 0 Å². The summed E-state index contributed by atoms with van der Waals surface area (Å²) in [5.74, 6) is -0.0354. The molecule has 1 atom stereocenters. The van der Waals surface area contributed by atoms with Crippen molar-refractivity contribution in [1.82, 2.24) is 0 Å². The summed E-state index contributed by atoms with van der Waals surface area (Å²) in [5, 5.41) is 2.32. The van der Waals surface area contributed by atoms with E-state index in [9.17, 15) is 4.79 Å². The molecule has 0 fully saturated rings. The molecule has 0 spiro atoms. The predicted octanol–water partition coefficient (Wildman–Crippen LogP) is 3.40. The second kappa shape index (κ2) is 4.69. The van der Waals surface area contributed by atoms with Crippen molar-refractivity contribution < 1.29 is 4.79 Å².